The van der Waals surface area contributed by atoms with E-state index in [1.165, 1.54) is 18.3 Å². The third kappa shape index (κ3) is 5.21. The Kier molecular flexibility index (Phi) is 5.87. The SMILES string of the molecule is CC(=O)N[C@H]1CCCN(C(=O)NCCc2ccc(Cl)s2)C1. The molecule has 0 unspecified atom stereocenters. The zero-order valence-corrected chi connectivity index (χ0v) is 13.6. The number of thiophene rings is 1. The second-order valence-electron chi connectivity index (χ2n) is 5.17. The highest BCUT2D eigenvalue weighted by Gasteiger charge is 2.23. The number of rotatable bonds is 4. The lowest BCUT2D eigenvalue weighted by Crippen LogP contribution is -2.52. The zero-order chi connectivity index (χ0) is 15.2. The molecule has 2 N–H and O–H groups in total. The van der Waals surface area contributed by atoms with Crippen molar-refractivity contribution in [2.45, 2.75) is 32.2 Å². The van der Waals surface area contributed by atoms with Crippen molar-refractivity contribution in [3.63, 3.8) is 0 Å². The highest BCUT2D eigenvalue weighted by Crippen LogP contribution is 2.21. The number of piperidine rings is 1. The number of carbonyl (C=O) groups is 2. The summed E-state index contributed by atoms with van der Waals surface area (Å²) in [6.07, 6.45) is 2.63. The third-order valence-corrected chi connectivity index (χ3v) is 4.68. The molecule has 0 bridgehead atoms. The highest BCUT2D eigenvalue weighted by atomic mass is 35.5. The van der Waals surface area contributed by atoms with E-state index in [2.05, 4.69) is 10.6 Å². The van der Waals surface area contributed by atoms with Crippen molar-refractivity contribution in [1.82, 2.24) is 15.5 Å². The fourth-order valence-corrected chi connectivity index (χ4v) is 3.54. The van der Waals surface area contributed by atoms with Gasteiger partial charge in [0, 0.05) is 37.5 Å². The molecule has 5 nitrogen and oxygen atoms in total. The van der Waals surface area contributed by atoms with E-state index in [0.29, 0.717) is 13.1 Å². The summed E-state index contributed by atoms with van der Waals surface area (Å²) in [6, 6.07) is 3.85. The normalized spacial score (nSPS) is 18.4. The first-order valence-electron chi connectivity index (χ1n) is 7.08. The van der Waals surface area contributed by atoms with Crippen LogP contribution in [0.15, 0.2) is 12.1 Å². The molecule has 2 rings (SSSR count). The lowest BCUT2D eigenvalue weighted by atomic mass is 10.1. The first-order valence-corrected chi connectivity index (χ1v) is 8.28. The fourth-order valence-electron chi connectivity index (χ4n) is 2.46. The van der Waals surface area contributed by atoms with Crippen LogP contribution in [0.25, 0.3) is 0 Å². The Morgan fingerprint density at radius 2 is 2.29 bits per heavy atom. The van der Waals surface area contributed by atoms with Gasteiger partial charge in [0.15, 0.2) is 0 Å². The van der Waals surface area contributed by atoms with Crippen LogP contribution in [0.5, 0.6) is 0 Å². The van der Waals surface area contributed by atoms with Crippen molar-refractivity contribution in [1.29, 1.82) is 0 Å². The van der Waals surface area contributed by atoms with Gasteiger partial charge in [-0.3, -0.25) is 4.79 Å². The molecule has 1 atom stereocenters. The number of hydrogen-bond donors (Lipinski definition) is 2. The van der Waals surface area contributed by atoms with Crippen molar-refractivity contribution < 1.29 is 9.59 Å². The monoisotopic (exact) mass is 329 g/mol. The van der Waals surface area contributed by atoms with Gasteiger partial charge >= 0.3 is 6.03 Å². The molecule has 2 heterocycles. The first kappa shape index (κ1) is 16.1. The molecule has 0 aromatic carbocycles. The minimum absolute atomic E-state index is 0.0446. The Morgan fingerprint density at radius 3 is 2.95 bits per heavy atom. The molecular weight excluding hydrogens is 310 g/mol. The largest absolute Gasteiger partial charge is 0.352 e. The molecule has 0 spiro atoms. The predicted molar refractivity (Wildman–Crippen MR) is 84.8 cm³/mol. The van der Waals surface area contributed by atoms with Gasteiger partial charge in [0.1, 0.15) is 0 Å². The van der Waals surface area contributed by atoms with Gasteiger partial charge < -0.3 is 15.5 Å². The number of carbonyl (C=O) groups excluding carboxylic acids is 2. The highest BCUT2D eigenvalue weighted by molar-refractivity contribution is 7.16. The fraction of sp³-hybridized carbons (Fsp3) is 0.571. The molecule has 21 heavy (non-hydrogen) atoms. The average Bonchev–Trinajstić information content (AvgIpc) is 2.84. The van der Waals surface area contributed by atoms with Crippen molar-refractivity contribution >= 4 is 34.9 Å². The molecule has 1 aliphatic rings. The van der Waals surface area contributed by atoms with E-state index >= 15 is 0 Å². The summed E-state index contributed by atoms with van der Waals surface area (Å²) in [6.45, 7) is 3.42. The average molecular weight is 330 g/mol. The maximum absolute atomic E-state index is 12.1. The topological polar surface area (TPSA) is 61.4 Å². The van der Waals surface area contributed by atoms with Crippen molar-refractivity contribution in [3.8, 4) is 0 Å². The second kappa shape index (κ2) is 7.66. The lowest BCUT2D eigenvalue weighted by Gasteiger charge is -2.33. The van der Waals surface area contributed by atoms with Crippen LogP contribution in [-0.4, -0.2) is 42.5 Å². The van der Waals surface area contributed by atoms with Crippen LogP contribution in [0.3, 0.4) is 0 Å². The van der Waals surface area contributed by atoms with E-state index in [-0.39, 0.29) is 18.0 Å². The smallest absolute Gasteiger partial charge is 0.317 e. The van der Waals surface area contributed by atoms with Gasteiger partial charge in [-0.15, -0.1) is 11.3 Å². The van der Waals surface area contributed by atoms with Gasteiger partial charge in [-0.2, -0.15) is 0 Å². The molecule has 1 saturated heterocycles. The summed E-state index contributed by atoms with van der Waals surface area (Å²) in [4.78, 5) is 26.1. The number of hydrogen-bond acceptors (Lipinski definition) is 3. The molecule has 0 saturated carbocycles. The van der Waals surface area contributed by atoms with Gasteiger partial charge in [0.05, 0.1) is 4.34 Å². The van der Waals surface area contributed by atoms with E-state index in [1.54, 1.807) is 4.90 Å². The summed E-state index contributed by atoms with van der Waals surface area (Å²) in [5.74, 6) is -0.0446. The van der Waals surface area contributed by atoms with Crippen molar-refractivity contribution in [3.05, 3.63) is 21.3 Å². The molecule has 1 aromatic rings. The number of urea groups is 1. The first-order chi connectivity index (χ1) is 10.0. The molecule has 3 amide bonds. The number of nitrogens with one attached hydrogen (secondary N) is 2. The van der Waals surface area contributed by atoms with Crippen LogP contribution < -0.4 is 10.6 Å². The van der Waals surface area contributed by atoms with Crippen LogP contribution in [0.2, 0.25) is 4.34 Å². The van der Waals surface area contributed by atoms with E-state index in [0.717, 1.165) is 35.0 Å². The zero-order valence-electron chi connectivity index (χ0n) is 12.0. The molecule has 1 aliphatic heterocycles. The summed E-state index contributed by atoms with van der Waals surface area (Å²) in [7, 11) is 0. The van der Waals surface area contributed by atoms with E-state index < -0.39 is 0 Å². The van der Waals surface area contributed by atoms with Crippen LogP contribution in [-0.2, 0) is 11.2 Å². The van der Waals surface area contributed by atoms with Gasteiger partial charge in [-0.05, 0) is 31.4 Å². The minimum atomic E-state index is -0.0623. The van der Waals surface area contributed by atoms with Crippen LogP contribution in [0, 0.1) is 0 Å². The second-order valence-corrected chi connectivity index (χ2v) is 6.97. The Labute approximate surface area is 133 Å². The van der Waals surface area contributed by atoms with Crippen molar-refractivity contribution in [2.24, 2.45) is 0 Å². The summed E-state index contributed by atoms with van der Waals surface area (Å²) >= 11 is 7.40. The maximum atomic E-state index is 12.1. The molecular formula is C14H20ClN3O2S. The van der Waals surface area contributed by atoms with E-state index in [1.807, 2.05) is 12.1 Å². The van der Waals surface area contributed by atoms with Crippen LogP contribution >= 0.6 is 22.9 Å². The number of amides is 3. The molecule has 1 aromatic heterocycles. The third-order valence-electron chi connectivity index (χ3n) is 3.39. The summed E-state index contributed by atoms with van der Waals surface area (Å²) in [5, 5.41) is 5.80. The van der Waals surface area contributed by atoms with Gasteiger partial charge in [-0.1, -0.05) is 11.6 Å². The Bertz CT molecular complexity index is 506. The molecule has 0 radical (unpaired) electrons. The van der Waals surface area contributed by atoms with E-state index in [4.69, 9.17) is 11.6 Å². The quantitative estimate of drug-likeness (QED) is 0.890. The standard InChI is InChI=1S/C14H20ClN3O2S/c1-10(19)17-11-3-2-8-18(9-11)14(20)16-7-6-12-4-5-13(15)21-12/h4-5,11H,2-3,6-9H2,1H3,(H,16,20)(H,17,19)/t11-/m0/s1. The van der Waals surface area contributed by atoms with Gasteiger partial charge in [0.25, 0.3) is 0 Å². The summed E-state index contributed by atoms with van der Waals surface area (Å²) in [5.41, 5.74) is 0. The molecule has 116 valence electrons. The number of halogens is 1. The lowest BCUT2D eigenvalue weighted by molar-refractivity contribution is -0.119. The Balaban J connectivity index is 1.73. The van der Waals surface area contributed by atoms with Gasteiger partial charge in [-0.25, -0.2) is 4.79 Å². The van der Waals surface area contributed by atoms with Crippen LogP contribution in [0.4, 0.5) is 4.79 Å². The maximum Gasteiger partial charge on any atom is 0.317 e. The predicted octanol–water partition coefficient (Wildman–Crippen LogP) is 2.25. The molecule has 0 aliphatic carbocycles. The molecule has 7 heteroatoms. The van der Waals surface area contributed by atoms with E-state index in [9.17, 15) is 9.59 Å². The van der Waals surface area contributed by atoms with Crippen LogP contribution in [0.1, 0.15) is 24.6 Å². The van der Waals surface area contributed by atoms with Crippen molar-refractivity contribution in [2.75, 3.05) is 19.6 Å². The minimum Gasteiger partial charge on any atom is -0.352 e. The number of likely N-dealkylation sites (tertiary alicyclic amines) is 1. The summed E-state index contributed by atoms with van der Waals surface area (Å²) < 4.78 is 0.769. The number of nitrogens with zero attached hydrogens (tertiary/aromatic N) is 1. The Morgan fingerprint density at radius 1 is 1.48 bits per heavy atom. The Hall–Kier alpha value is -1.27. The van der Waals surface area contributed by atoms with Gasteiger partial charge in [0.2, 0.25) is 5.91 Å². The molecule has 1 fully saturated rings.